The number of likely N-dealkylation sites (tertiary alicyclic amines) is 1. The van der Waals surface area contributed by atoms with Crippen molar-refractivity contribution in [2.45, 2.75) is 25.8 Å². The SMILES string of the molecule is Cc1ccc(NC(=O)CSCC(=O)N2CCC[C@@H]2C(N)=O)cc1. The number of rotatable bonds is 6. The van der Waals surface area contributed by atoms with Crippen LogP contribution in [0.5, 0.6) is 0 Å². The summed E-state index contributed by atoms with van der Waals surface area (Å²) in [7, 11) is 0. The molecule has 23 heavy (non-hydrogen) atoms. The van der Waals surface area contributed by atoms with Crippen molar-refractivity contribution in [3.8, 4) is 0 Å². The Morgan fingerprint density at radius 2 is 1.96 bits per heavy atom. The van der Waals surface area contributed by atoms with Gasteiger partial charge in [-0.1, -0.05) is 17.7 Å². The Kier molecular flexibility index (Phi) is 6.04. The molecule has 0 aromatic heterocycles. The van der Waals surface area contributed by atoms with Crippen LogP contribution in [-0.4, -0.2) is 46.7 Å². The van der Waals surface area contributed by atoms with Gasteiger partial charge in [0.15, 0.2) is 0 Å². The highest BCUT2D eigenvalue weighted by Crippen LogP contribution is 2.18. The lowest BCUT2D eigenvalue weighted by atomic mass is 10.2. The Balaban J connectivity index is 1.73. The number of nitrogens with two attached hydrogens (primary N) is 1. The van der Waals surface area contributed by atoms with E-state index in [2.05, 4.69) is 5.32 Å². The highest BCUT2D eigenvalue weighted by molar-refractivity contribution is 8.00. The van der Waals surface area contributed by atoms with Crippen LogP contribution in [0.4, 0.5) is 5.69 Å². The Morgan fingerprint density at radius 3 is 2.61 bits per heavy atom. The number of carbonyl (C=O) groups is 3. The van der Waals surface area contributed by atoms with E-state index < -0.39 is 11.9 Å². The maximum absolute atomic E-state index is 12.1. The fourth-order valence-electron chi connectivity index (χ4n) is 2.51. The van der Waals surface area contributed by atoms with Crippen molar-refractivity contribution >= 4 is 35.2 Å². The lowest BCUT2D eigenvalue weighted by molar-refractivity contribution is -0.135. The Hall–Kier alpha value is -2.02. The molecule has 1 aliphatic heterocycles. The lowest BCUT2D eigenvalue weighted by Gasteiger charge is -2.21. The molecule has 0 radical (unpaired) electrons. The number of hydrogen-bond acceptors (Lipinski definition) is 4. The average Bonchev–Trinajstić information content (AvgIpc) is 2.99. The minimum absolute atomic E-state index is 0.139. The monoisotopic (exact) mass is 335 g/mol. The first-order valence-corrected chi connectivity index (χ1v) is 8.66. The van der Waals surface area contributed by atoms with Gasteiger partial charge < -0.3 is 16.0 Å². The van der Waals surface area contributed by atoms with Crippen molar-refractivity contribution in [2.75, 3.05) is 23.4 Å². The molecule has 1 heterocycles. The molecule has 1 atom stereocenters. The molecule has 1 saturated heterocycles. The largest absolute Gasteiger partial charge is 0.368 e. The highest BCUT2D eigenvalue weighted by Gasteiger charge is 2.32. The number of hydrogen-bond donors (Lipinski definition) is 2. The summed E-state index contributed by atoms with van der Waals surface area (Å²) in [6, 6.07) is 7.02. The second-order valence-electron chi connectivity index (χ2n) is 5.55. The zero-order valence-corrected chi connectivity index (χ0v) is 13.9. The number of carbonyl (C=O) groups excluding carboxylic acids is 3. The summed E-state index contributed by atoms with van der Waals surface area (Å²) in [5, 5.41) is 2.78. The molecule has 1 aromatic carbocycles. The molecule has 2 rings (SSSR count). The molecule has 1 aliphatic rings. The van der Waals surface area contributed by atoms with E-state index in [1.54, 1.807) is 0 Å². The second-order valence-corrected chi connectivity index (χ2v) is 6.54. The maximum atomic E-state index is 12.1. The van der Waals surface area contributed by atoms with Crippen molar-refractivity contribution in [1.82, 2.24) is 4.90 Å². The van der Waals surface area contributed by atoms with Gasteiger partial charge in [0.2, 0.25) is 17.7 Å². The maximum Gasteiger partial charge on any atom is 0.240 e. The third-order valence-corrected chi connectivity index (χ3v) is 4.61. The molecule has 3 N–H and O–H groups in total. The van der Waals surface area contributed by atoms with Gasteiger partial charge in [-0.3, -0.25) is 14.4 Å². The van der Waals surface area contributed by atoms with Crippen LogP contribution < -0.4 is 11.1 Å². The van der Waals surface area contributed by atoms with Crippen LogP contribution in [0.25, 0.3) is 0 Å². The molecule has 124 valence electrons. The number of primary amides is 1. The summed E-state index contributed by atoms with van der Waals surface area (Å²) in [5.74, 6) is -0.392. The summed E-state index contributed by atoms with van der Waals surface area (Å²) >= 11 is 1.24. The molecule has 0 saturated carbocycles. The fraction of sp³-hybridized carbons (Fsp3) is 0.438. The quantitative estimate of drug-likeness (QED) is 0.815. The van der Waals surface area contributed by atoms with Gasteiger partial charge in [0.25, 0.3) is 0 Å². The van der Waals surface area contributed by atoms with Gasteiger partial charge in [-0.2, -0.15) is 0 Å². The standard InChI is InChI=1S/C16H21N3O3S/c1-11-4-6-12(7-5-11)18-14(20)9-23-10-15(21)19-8-2-3-13(19)16(17)22/h4-7,13H,2-3,8-10H2,1H3,(H2,17,22)(H,18,20)/t13-/m1/s1. The third kappa shape index (κ3) is 4.99. The van der Waals surface area contributed by atoms with Gasteiger partial charge in [-0.15, -0.1) is 11.8 Å². The van der Waals surface area contributed by atoms with E-state index in [1.165, 1.54) is 16.7 Å². The molecule has 3 amide bonds. The summed E-state index contributed by atoms with van der Waals surface area (Å²) in [6.07, 6.45) is 1.41. The number of aryl methyl sites for hydroxylation is 1. The molecule has 0 unspecified atom stereocenters. The highest BCUT2D eigenvalue weighted by atomic mass is 32.2. The molecule has 0 bridgehead atoms. The van der Waals surface area contributed by atoms with Crippen molar-refractivity contribution < 1.29 is 14.4 Å². The van der Waals surface area contributed by atoms with Gasteiger partial charge in [-0.25, -0.2) is 0 Å². The first-order chi connectivity index (χ1) is 11.0. The smallest absolute Gasteiger partial charge is 0.240 e. The topological polar surface area (TPSA) is 92.5 Å². The molecular weight excluding hydrogens is 314 g/mol. The van der Waals surface area contributed by atoms with Crippen LogP contribution in [0.2, 0.25) is 0 Å². The van der Waals surface area contributed by atoms with Crippen LogP contribution in [0.3, 0.4) is 0 Å². The Morgan fingerprint density at radius 1 is 1.26 bits per heavy atom. The normalized spacial score (nSPS) is 17.1. The summed E-state index contributed by atoms with van der Waals surface area (Å²) < 4.78 is 0. The Bertz CT molecular complexity index is 589. The number of nitrogens with zero attached hydrogens (tertiary/aromatic N) is 1. The fourth-order valence-corrected chi connectivity index (χ4v) is 3.21. The van der Waals surface area contributed by atoms with Gasteiger partial charge in [-0.05, 0) is 31.9 Å². The lowest BCUT2D eigenvalue weighted by Crippen LogP contribution is -2.44. The molecule has 1 aromatic rings. The molecule has 1 fully saturated rings. The zero-order valence-electron chi connectivity index (χ0n) is 13.1. The number of benzene rings is 1. The Labute approximate surface area is 139 Å². The van der Waals surface area contributed by atoms with Gasteiger partial charge in [0, 0.05) is 12.2 Å². The average molecular weight is 335 g/mol. The van der Waals surface area contributed by atoms with E-state index in [1.807, 2.05) is 31.2 Å². The summed E-state index contributed by atoms with van der Waals surface area (Å²) in [5.41, 5.74) is 7.16. The van der Waals surface area contributed by atoms with E-state index in [0.717, 1.165) is 17.7 Å². The summed E-state index contributed by atoms with van der Waals surface area (Å²) in [6.45, 7) is 2.54. The van der Waals surface area contributed by atoms with Crippen molar-refractivity contribution in [3.05, 3.63) is 29.8 Å². The minimum atomic E-state index is -0.496. The van der Waals surface area contributed by atoms with Gasteiger partial charge in [0.05, 0.1) is 11.5 Å². The summed E-state index contributed by atoms with van der Waals surface area (Å²) in [4.78, 5) is 36.7. The van der Waals surface area contributed by atoms with E-state index in [0.29, 0.717) is 13.0 Å². The van der Waals surface area contributed by atoms with Crippen LogP contribution in [0.15, 0.2) is 24.3 Å². The number of anilines is 1. The van der Waals surface area contributed by atoms with Crippen LogP contribution in [0, 0.1) is 6.92 Å². The molecular formula is C16H21N3O3S. The number of amides is 3. The zero-order chi connectivity index (χ0) is 16.8. The van der Waals surface area contributed by atoms with Crippen LogP contribution >= 0.6 is 11.8 Å². The predicted octanol–water partition coefficient (Wildman–Crippen LogP) is 1.14. The predicted molar refractivity (Wildman–Crippen MR) is 91.1 cm³/mol. The van der Waals surface area contributed by atoms with E-state index in [-0.39, 0.29) is 23.3 Å². The molecule has 0 aliphatic carbocycles. The van der Waals surface area contributed by atoms with Crippen LogP contribution in [0.1, 0.15) is 18.4 Å². The molecule has 0 spiro atoms. The minimum Gasteiger partial charge on any atom is -0.368 e. The van der Waals surface area contributed by atoms with Crippen molar-refractivity contribution in [1.29, 1.82) is 0 Å². The second kappa shape index (κ2) is 8.01. The van der Waals surface area contributed by atoms with E-state index in [9.17, 15) is 14.4 Å². The van der Waals surface area contributed by atoms with E-state index >= 15 is 0 Å². The van der Waals surface area contributed by atoms with Crippen molar-refractivity contribution in [2.24, 2.45) is 5.73 Å². The van der Waals surface area contributed by atoms with Gasteiger partial charge >= 0.3 is 0 Å². The van der Waals surface area contributed by atoms with Gasteiger partial charge in [0.1, 0.15) is 6.04 Å². The number of nitrogens with one attached hydrogen (secondary N) is 1. The molecule has 7 heteroatoms. The molecule has 6 nitrogen and oxygen atoms in total. The third-order valence-electron chi connectivity index (χ3n) is 3.70. The van der Waals surface area contributed by atoms with Crippen LogP contribution in [-0.2, 0) is 14.4 Å². The first kappa shape index (κ1) is 17.3. The van der Waals surface area contributed by atoms with E-state index in [4.69, 9.17) is 5.73 Å². The number of thioether (sulfide) groups is 1. The first-order valence-electron chi connectivity index (χ1n) is 7.50. The van der Waals surface area contributed by atoms with Crippen molar-refractivity contribution in [3.63, 3.8) is 0 Å².